The predicted octanol–water partition coefficient (Wildman–Crippen LogP) is 6.65. The van der Waals surface area contributed by atoms with Crippen LogP contribution < -0.4 is 5.32 Å². The number of hydrogen-bond donors (Lipinski definition) is 3. The standard InChI is InChI=1S/C28H24N8O2S.CH4/c1-3-4-5-24(38)32-18-8-16(10-29-12-18)17-9-19-26(35-36-27(19)31-11-17)28-33-21-14-30-13-20(25(21)34-28)23-7-6-22(39-23)15(2)37;/h6-14H,3-5H2,1-2H3,(H,32,38)(H,33,34)(H,31,35,36);1H4. The average molecular weight is 553 g/mol. The van der Waals surface area contributed by atoms with Crippen LogP contribution in [0.5, 0.6) is 0 Å². The molecule has 0 aromatic carbocycles. The summed E-state index contributed by atoms with van der Waals surface area (Å²) in [4.78, 5) is 47.0. The number of imidazole rings is 1. The van der Waals surface area contributed by atoms with E-state index in [2.05, 4.69) is 42.4 Å². The van der Waals surface area contributed by atoms with Crippen LogP contribution in [0.4, 0.5) is 5.69 Å². The molecule has 6 aromatic heterocycles. The molecule has 0 unspecified atom stereocenters. The Balaban J connectivity index is 0.00000323. The number of amides is 1. The highest BCUT2D eigenvalue weighted by atomic mass is 32.1. The fraction of sp³-hybridized carbons (Fsp3) is 0.207. The van der Waals surface area contributed by atoms with Gasteiger partial charge in [-0.15, -0.1) is 11.3 Å². The maximum Gasteiger partial charge on any atom is 0.224 e. The van der Waals surface area contributed by atoms with Gasteiger partial charge in [-0.05, 0) is 37.6 Å². The van der Waals surface area contributed by atoms with Crippen LogP contribution in [0.3, 0.4) is 0 Å². The molecule has 0 bridgehead atoms. The van der Waals surface area contributed by atoms with Gasteiger partial charge in [0.05, 0.1) is 33.9 Å². The number of H-pyrrole nitrogens is 2. The van der Waals surface area contributed by atoms with Crippen LogP contribution in [0.25, 0.3) is 55.2 Å². The number of aromatic amines is 2. The SMILES string of the molecule is C.CCCCC(=O)Nc1cncc(-c2cnc3n[nH]c(-c4nc5c(-c6ccc(C(C)=O)s6)cncc5[nH]4)c3c2)c1. The Morgan fingerprint density at radius 3 is 2.65 bits per heavy atom. The number of unbranched alkanes of at least 4 members (excludes halogenated alkanes) is 1. The lowest BCUT2D eigenvalue weighted by molar-refractivity contribution is -0.116. The van der Waals surface area contributed by atoms with Crippen molar-refractivity contribution in [3.05, 3.63) is 60.1 Å². The molecule has 0 saturated heterocycles. The summed E-state index contributed by atoms with van der Waals surface area (Å²) < 4.78 is 0. The maximum atomic E-state index is 12.2. The fourth-order valence-corrected chi connectivity index (χ4v) is 5.28. The van der Waals surface area contributed by atoms with Gasteiger partial charge in [0.25, 0.3) is 0 Å². The van der Waals surface area contributed by atoms with E-state index in [-0.39, 0.29) is 19.1 Å². The van der Waals surface area contributed by atoms with E-state index in [1.165, 1.54) is 11.3 Å². The quantitative estimate of drug-likeness (QED) is 0.179. The van der Waals surface area contributed by atoms with Gasteiger partial charge in [-0.25, -0.2) is 9.97 Å². The number of hydrogen-bond acceptors (Lipinski definition) is 8. The zero-order valence-electron chi connectivity index (χ0n) is 21.3. The first-order chi connectivity index (χ1) is 19.0. The summed E-state index contributed by atoms with van der Waals surface area (Å²) in [6.07, 6.45) is 10.9. The number of rotatable bonds is 8. The number of ketones is 1. The highest BCUT2D eigenvalue weighted by Crippen LogP contribution is 2.35. The van der Waals surface area contributed by atoms with E-state index in [1.807, 2.05) is 24.3 Å². The first kappa shape index (κ1) is 26.8. The van der Waals surface area contributed by atoms with E-state index in [1.54, 1.807) is 37.9 Å². The third kappa shape index (κ3) is 5.10. The van der Waals surface area contributed by atoms with Crippen molar-refractivity contribution in [1.29, 1.82) is 0 Å². The monoisotopic (exact) mass is 552 g/mol. The van der Waals surface area contributed by atoms with Crippen LogP contribution in [-0.4, -0.2) is 46.8 Å². The number of nitrogens with zero attached hydrogens (tertiary/aromatic N) is 5. The number of carbonyl (C=O) groups excluding carboxylic acids is 2. The van der Waals surface area contributed by atoms with Crippen LogP contribution in [0.15, 0.2) is 55.2 Å². The first-order valence-electron chi connectivity index (χ1n) is 12.5. The molecule has 0 fully saturated rings. The summed E-state index contributed by atoms with van der Waals surface area (Å²) in [7, 11) is 0. The molecule has 11 heteroatoms. The van der Waals surface area contributed by atoms with Crippen molar-refractivity contribution < 1.29 is 9.59 Å². The number of anilines is 1. The molecule has 202 valence electrons. The molecule has 1 amide bonds. The molecule has 0 aliphatic rings. The number of Topliss-reactive ketones (excluding diaryl/α,β-unsaturated/α-hetero) is 1. The molecule has 6 aromatic rings. The normalized spacial score (nSPS) is 11.1. The Labute approximate surface area is 234 Å². The summed E-state index contributed by atoms with van der Waals surface area (Å²) in [5.41, 5.74) is 5.89. The minimum atomic E-state index is -0.0275. The molecule has 3 N–H and O–H groups in total. The third-order valence-corrected chi connectivity index (χ3v) is 7.59. The van der Waals surface area contributed by atoms with Gasteiger partial charge in [0.1, 0.15) is 11.2 Å². The molecule has 0 radical (unpaired) electrons. The van der Waals surface area contributed by atoms with Crippen LogP contribution in [0, 0.1) is 0 Å². The van der Waals surface area contributed by atoms with Crippen molar-refractivity contribution in [3.8, 4) is 33.1 Å². The lowest BCUT2D eigenvalue weighted by atomic mass is 10.1. The first-order valence-corrected chi connectivity index (χ1v) is 13.4. The van der Waals surface area contributed by atoms with E-state index >= 15 is 0 Å². The van der Waals surface area contributed by atoms with Gasteiger partial charge >= 0.3 is 0 Å². The third-order valence-electron chi connectivity index (χ3n) is 6.37. The second-order valence-corrected chi connectivity index (χ2v) is 10.3. The Hall–Kier alpha value is -4.77. The fourth-order valence-electron chi connectivity index (χ4n) is 4.37. The van der Waals surface area contributed by atoms with Crippen molar-refractivity contribution in [1.82, 2.24) is 35.1 Å². The molecule has 0 atom stereocenters. The second kappa shape index (κ2) is 11.1. The molecular formula is C29H28N8O2S. The molecule has 0 saturated carbocycles. The zero-order chi connectivity index (χ0) is 26.9. The van der Waals surface area contributed by atoms with Crippen molar-refractivity contribution in [3.63, 3.8) is 0 Å². The van der Waals surface area contributed by atoms with Crippen molar-refractivity contribution >= 4 is 50.8 Å². The van der Waals surface area contributed by atoms with Gasteiger partial charge in [0, 0.05) is 46.6 Å². The smallest absolute Gasteiger partial charge is 0.224 e. The molecule has 0 spiro atoms. The van der Waals surface area contributed by atoms with E-state index < -0.39 is 0 Å². The molecule has 6 heterocycles. The predicted molar refractivity (Wildman–Crippen MR) is 158 cm³/mol. The van der Waals surface area contributed by atoms with E-state index in [0.717, 1.165) is 50.8 Å². The molecule has 10 nitrogen and oxygen atoms in total. The summed E-state index contributed by atoms with van der Waals surface area (Å²) in [6.45, 7) is 3.61. The van der Waals surface area contributed by atoms with E-state index in [4.69, 9.17) is 4.98 Å². The van der Waals surface area contributed by atoms with Gasteiger partial charge in [-0.1, -0.05) is 20.8 Å². The van der Waals surface area contributed by atoms with Gasteiger partial charge in [0.15, 0.2) is 17.3 Å². The number of nitrogens with one attached hydrogen (secondary N) is 3. The van der Waals surface area contributed by atoms with Crippen LogP contribution in [-0.2, 0) is 4.79 Å². The second-order valence-electron chi connectivity index (χ2n) is 9.20. The lowest BCUT2D eigenvalue weighted by Crippen LogP contribution is -2.11. The molecular weight excluding hydrogens is 524 g/mol. The number of fused-ring (bicyclic) bond motifs is 2. The summed E-state index contributed by atoms with van der Waals surface area (Å²) in [5, 5.41) is 11.1. The van der Waals surface area contributed by atoms with Gasteiger partial charge < -0.3 is 10.3 Å². The topological polar surface area (TPSA) is 142 Å². The number of pyridine rings is 3. The van der Waals surface area contributed by atoms with E-state index in [0.29, 0.717) is 34.2 Å². The highest BCUT2D eigenvalue weighted by molar-refractivity contribution is 7.17. The Kier molecular flexibility index (Phi) is 7.47. The zero-order valence-corrected chi connectivity index (χ0v) is 22.1. The molecule has 40 heavy (non-hydrogen) atoms. The Morgan fingerprint density at radius 1 is 1.02 bits per heavy atom. The van der Waals surface area contributed by atoms with Crippen LogP contribution >= 0.6 is 11.3 Å². The number of carbonyl (C=O) groups is 2. The van der Waals surface area contributed by atoms with Crippen molar-refractivity contribution in [2.75, 3.05) is 5.32 Å². The maximum absolute atomic E-state index is 12.2. The number of thiophene rings is 1. The minimum absolute atomic E-state index is 0. The van der Waals surface area contributed by atoms with Crippen molar-refractivity contribution in [2.45, 2.75) is 40.5 Å². The van der Waals surface area contributed by atoms with Gasteiger partial charge in [0.2, 0.25) is 5.91 Å². The average Bonchev–Trinajstić information content (AvgIpc) is 3.69. The molecule has 6 rings (SSSR count). The lowest BCUT2D eigenvalue weighted by Gasteiger charge is -2.07. The van der Waals surface area contributed by atoms with Gasteiger partial charge in [-0.2, -0.15) is 5.10 Å². The minimum Gasteiger partial charge on any atom is -0.335 e. The summed E-state index contributed by atoms with van der Waals surface area (Å²) >= 11 is 1.42. The van der Waals surface area contributed by atoms with Crippen molar-refractivity contribution in [2.24, 2.45) is 0 Å². The van der Waals surface area contributed by atoms with E-state index in [9.17, 15) is 9.59 Å². The number of aromatic nitrogens is 7. The Morgan fingerprint density at radius 2 is 1.85 bits per heavy atom. The van der Waals surface area contributed by atoms with Gasteiger partial charge in [-0.3, -0.25) is 24.7 Å². The van der Waals surface area contributed by atoms with Crippen LogP contribution in [0.2, 0.25) is 0 Å². The van der Waals surface area contributed by atoms with Crippen LogP contribution in [0.1, 0.15) is 50.2 Å². The molecule has 0 aliphatic heterocycles. The summed E-state index contributed by atoms with van der Waals surface area (Å²) in [5.74, 6) is 0.598. The Bertz CT molecular complexity index is 1850. The summed E-state index contributed by atoms with van der Waals surface area (Å²) in [6, 6.07) is 7.60. The highest BCUT2D eigenvalue weighted by Gasteiger charge is 2.18. The largest absolute Gasteiger partial charge is 0.335 e. The molecule has 0 aliphatic carbocycles.